The van der Waals surface area contributed by atoms with E-state index in [0.29, 0.717) is 12.0 Å². The van der Waals surface area contributed by atoms with Crippen LogP contribution in [0.1, 0.15) is 12.5 Å². The number of rotatable bonds is 3. The normalized spacial score (nSPS) is 10.2. The van der Waals surface area contributed by atoms with Gasteiger partial charge in [0.2, 0.25) is 5.71 Å². The summed E-state index contributed by atoms with van der Waals surface area (Å²) in [5.41, 5.74) is -0.443. The number of aryl methyl sites for hydroxylation is 1. The van der Waals surface area contributed by atoms with Crippen LogP contribution in [0.4, 0.5) is 0 Å². The topological polar surface area (TPSA) is 85.2 Å². The second-order valence-corrected chi connectivity index (χ2v) is 3.49. The van der Waals surface area contributed by atoms with Crippen LogP contribution < -0.4 is 15.9 Å². The van der Waals surface area contributed by atoms with Gasteiger partial charge in [-0.2, -0.15) is 4.98 Å². The number of aromatic amines is 1. The molecule has 6 nitrogen and oxygen atoms in total. The maximum Gasteiger partial charge on any atom is 0.337 e. The molecule has 2 heterocycles. The fraction of sp³-hybridized carbons (Fsp3) is 0.250. The van der Waals surface area contributed by atoms with Gasteiger partial charge in [-0.25, -0.2) is 4.79 Å². The first-order valence-electron chi connectivity index (χ1n) is 5.29. The van der Waals surface area contributed by atoms with Crippen molar-refractivity contribution in [1.29, 1.82) is 0 Å². The summed E-state index contributed by atoms with van der Waals surface area (Å²) in [6.45, 7) is 1.79. The highest BCUT2D eigenvalue weighted by atomic mass is 16.5. The number of terminal acetylenes is 1. The van der Waals surface area contributed by atoms with Crippen LogP contribution in [0.25, 0.3) is 11.1 Å². The molecule has 0 radical (unpaired) electrons. The van der Waals surface area contributed by atoms with E-state index in [1.165, 1.54) is 6.07 Å². The average molecular weight is 246 g/mol. The van der Waals surface area contributed by atoms with E-state index < -0.39 is 11.2 Å². The molecule has 0 aliphatic carbocycles. The number of ether oxygens (including phenoxy) is 1. The largest absolute Gasteiger partial charge is 0.451 e. The maximum absolute atomic E-state index is 11.9. The monoisotopic (exact) mass is 246 g/mol. The second kappa shape index (κ2) is 4.75. The molecule has 0 aliphatic rings. The molecule has 6 heteroatoms. The summed E-state index contributed by atoms with van der Waals surface area (Å²) >= 11 is 0. The molecule has 18 heavy (non-hydrogen) atoms. The van der Waals surface area contributed by atoms with Crippen LogP contribution in [0, 0.1) is 12.3 Å². The maximum atomic E-state index is 11.9. The standard InChI is InChI=1S/C12H10N2O4/c1-3-5-17-12-13-10(16)9-7(4-2)6-8(15)18-11(9)14-12/h1,6H,4-5H2,2H3,(H,13,14,16). The molecule has 2 aromatic heterocycles. The lowest BCUT2D eigenvalue weighted by atomic mass is 10.1. The van der Waals surface area contributed by atoms with Gasteiger partial charge >= 0.3 is 11.6 Å². The summed E-state index contributed by atoms with van der Waals surface area (Å²) in [5.74, 6) is 2.24. The fourth-order valence-electron chi connectivity index (χ4n) is 1.59. The molecular weight excluding hydrogens is 236 g/mol. The van der Waals surface area contributed by atoms with E-state index in [1.807, 2.05) is 6.92 Å². The Morgan fingerprint density at radius 2 is 2.33 bits per heavy atom. The van der Waals surface area contributed by atoms with Crippen molar-refractivity contribution in [3.05, 3.63) is 32.4 Å². The van der Waals surface area contributed by atoms with E-state index in [2.05, 4.69) is 15.9 Å². The predicted octanol–water partition coefficient (Wildman–Crippen LogP) is 0.451. The zero-order valence-electron chi connectivity index (χ0n) is 9.65. The Morgan fingerprint density at radius 1 is 1.56 bits per heavy atom. The highest BCUT2D eigenvalue weighted by Gasteiger charge is 2.11. The minimum atomic E-state index is -0.555. The van der Waals surface area contributed by atoms with Crippen molar-refractivity contribution in [3.63, 3.8) is 0 Å². The number of aromatic nitrogens is 2. The van der Waals surface area contributed by atoms with Gasteiger partial charge in [-0.3, -0.25) is 9.78 Å². The smallest absolute Gasteiger partial charge is 0.337 e. The molecule has 0 spiro atoms. The van der Waals surface area contributed by atoms with Gasteiger partial charge in [-0.15, -0.1) is 6.42 Å². The van der Waals surface area contributed by atoms with E-state index in [-0.39, 0.29) is 23.7 Å². The zero-order chi connectivity index (χ0) is 13.1. The Morgan fingerprint density at radius 3 is 3.00 bits per heavy atom. The first-order chi connectivity index (χ1) is 8.65. The Labute approximate surface area is 102 Å². The van der Waals surface area contributed by atoms with E-state index >= 15 is 0 Å². The molecule has 0 amide bonds. The van der Waals surface area contributed by atoms with Crippen LogP contribution in [-0.4, -0.2) is 16.6 Å². The minimum absolute atomic E-state index is 0.0356. The molecule has 0 bridgehead atoms. The van der Waals surface area contributed by atoms with Crippen LogP contribution in [0.5, 0.6) is 6.01 Å². The third-order valence-corrected chi connectivity index (χ3v) is 2.35. The highest BCUT2D eigenvalue weighted by molar-refractivity contribution is 5.75. The van der Waals surface area contributed by atoms with Gasteiger partial charge in [0, 0.05) is 6.07 Å². The summed E-state index contributed by atoms with van der Waals surface area (Å²) in [4.78, 5) is 29.5. The average Bonchev–Trinajstić information content (AvgIpc) is 2.34. The molecule has 0 unspecified atom stereocenters. The van der Waals surface area contributed by atoms with Gasteiger partial charge < -0.3 is 9.15 Å². The van der Waals surface area contributed by atoms with Gasteiger partial charge in [0.15, 0.2) is 6.61 Å². The summed E-state index contributed by atoms with van der Waals surface area (Å²) in [5, 5.41) is 0.255. The van der Waals surface area contributed by atoms with Crippen molar-refractivity contribution in [2.75, 3.05) is 6.61 Å². The molecule has 1 N–H and O–H groups in total. The number of fused-ring (bicyclic) bond motifs is 1. The van der Waals surface area contributed by atoms with Gasteiger partial charge in [-0.05, 0) is 12.0 Å². The van der Waals surface area contributed by atoms with Crippen molar-refractivity contribution in [2.24, 2.45) is 0 Å². The number of hydrogen-bond donors (Lipinski definition) is 1. The minimum Gasteiger partial charge on any atom is -0.451 e. The van der Waals surface area contributed by atoms with Crippen LogP contribution in [0.3, 0.4) is 0 Å². The lowest BCUT2D eigenvalue weighted by Gasteiger charge is -2.03. The molecule has 2 rings (SSSR count). The molecule has 2 aromatic rings. The Hall–Kier alpha value is -2.55. The van der Waals surface area contributed by atoms with E-state index in [9.17, 15) is 9.59 Å². The van der Waals surface area contributed by atoms with Crippen molar-refractivity contribution >= 4 is 11.1 Å². The fourth-order valence-corrected chi connectivity index (χ4v) is 1.59. The third-order valence-electron chi connectivity index (χ3n) is 2.35. The first kappa shape index (κ1) is 11.9. The van der Waals surface area contributed by atoms with Crippen molar-refractivity contribution in [3.8, 4) is 18.4 Å². The van der Waals surface area contributed by atoms with Crippen LogP contribution in [0.15, 0.2) is 20.1 Å². The molecule has 0 atom stereocenters. The van der Waals surface area contributed by atoms with E-state index in [1.54, 1.807) is 0 Å². The van der Waals surface area contributed by atoms with Gasteiger partial charge in [0.25, 0.3) is 5.56 Å². The Kier molecular flexibility index (Phi) is 3.15. The lowest BCUT2D eigenvalue weighted by molar-refractivity contribution is 0.337. The summed E-state index contributed by atoms with van der Waals surface area (Å²) < 4.78 is 9.88. The van der Waals surface area contributed by atoms with Crippen molar-refractivity contribution < 1.29 is 9.15 Å². The van der Waals surface area contributed by atoms with Crippen molar-refractivity contribution in [1.82, 2.24) is 9.97 Å². The Bertz CT molecular complexity index is 736. The highest BCUT2D eigenvalue weighted by Crippen LogP contribution is 2.13. The summed E-state index contributed by atoms with van der Waals surface area (Å²) in [7, 11) is 0. The van der Waals surface area contributed by atoms with Gasteiger partial charge in [-0.1, -0.05) is 12.8 Å². The summed E-state index contributed by atoms with van der Waals surface area (Å²) in [6.07, 6.45) is 5.55. The second-order valence-electron chi connectivity index (χ2n) is 3.49. The van der Waals surface area contributed by atoms with Crippen LogP contribution in [-0.2, 0) is 6.42 Å². The van der Waals surface area contributed by atoms with Gasteiger partial charge in [0.05, 0.1) is 0 Å². The number of hydrogen-bond acceptors (Lipinski definition) is 5. The van der Waals surface area contributed by atoms with Crippen molar-refractivity contribution in [2.45, 2.75) is 13.3 Å². The van der Waals surface area contributed by atoms with Crippen LogP contribution in [0.2, 0.25) is 0 Å². The number of nitrogens with one attached hydrogen (secondary N) is 1. The zero-order valence-corrected chi connectivity index (χ0v) is 9.65. The molecule has 0 fully saturated rings. The molecule has 0 aromatic carbocycles. The van der Waals surface area contributed by atoms with E-state index in [0.717, 1.165) is 0 Å². The number of nitrogens with zero attached hydrogens (tertiary/aromatic N) is 1. The molecule has 0 saturated carbocycles. The van der Waals surface area contributed by atoms with Gasteiger partial charge in [0.1, 0.15) is 5.39 Å². The molecular formula is C12H10N2O4. The SMILES string of the molecule is C#CCOc1nc2oc(=O)cc(CC)c2c(=O)[nH]1. The van der Waals surface area contributed by atoms with E-state index in [4.69, 9.17) is 15.6 Å². The third kappa shape index (κ3) is 2.11. The summed E-state index contributed by atoms with van der Waals surface area (Å²) in [6, 6.07) is 1.21. The quantitative estimate of drug-likeness (QED) is 0.795. The first-order valence-corrected chi connectivity index (χ1v) is 5.29. The lowest BCUT2D eigenvalue weighted by Crippen LogP contribution is -2.15. The molecule has 0 saturated heterocycles. The Balaban J connectivity index is 2.70. The van der Waals surface area contributed by atoms with Crippen LogP contribution >= 0.6 is 0 Å². The number of H-pyrrole nitrogens is 1. The molecule has 92 valence electrons. The molecule has 0 aliphatic heterocycles. The predicted molar refractivity (Wildman–Crippen MR) is 64.6 cm³/mol.